The van der Waals surface area contributed by atoms with Crippen molar-refractivity contribution in [2.75, 3.05) is 0 Å². The SMILES string of the molecule is Cc1ccc(Oc2nc3c(c(=O)n(C)c(=O)n3C)n2Cc2ccc(F)cc2)cc1C. The molecule has 0 unspecified atom stereocenters. The molecule has 0 saturated carbocycles. The van der Waals surface area contributed by atoms with E-state index in [0.29, 0.717) is 5.75 Å². The van der Waals surface area contributed by atoms with Crippen LogP contribution in [0, 0.1) is 19.7 Å². The van der Waals surface area contributed by atoms with Crippen molar-refractivity contribution >= 4 is 11.2 Å². The van der Waals surface area contributed by atoms with E-state index >= 15 is 0 Å². The van der Waals surface area contributed by atoms with Crippen molar-refractivity contribution in [2.45, 2.75) is 20.4 Å². The zero-order valence-electron chi connectivity index (χ0n) is 17.1. The predicted molar refractivity (Wildman–Crippen MR) is 112 cm³/mol. The smallest absolute Gasteiger partial charge is 0.332 e. The van der Waals surface area contributed by atoms with Crippen molar-refractivity contribution in [3.63, 3.8) is 0 Å². The molecular weight excluding hydrogens is 387 g/mol. The maximum Gasteiger partial charge on any atom is 0.332 e. The van der Waals surface area contributed by atoms with Crippen molar-refractivity contribution in [1.82, 2.24) is 18.7 Å². The first-order chi connectivity index (χ1) is 14.3. The van der Waals surface area contributed by atoms with Gasteiger partial charge in [0.05, 0.1) is 6.54 Å². The van der Waals surface area contributed by atoms with E-state index < -0.39 is 11.2 Å². The minimum atomic E-state index is -0.475. The van der Waals surface area contributed by atoms with E-state index in [1.807, 2.05) is 32.0 Å². The maximum absolute atomic E-state index is 13.3. The van der Waals surface area contributed by atoms with Gasteiger partial charge in [0.25, 0.3) is 5.56 Å². The highest BCUT2D eigenvalue weighted by Gasteiger charge is 2.21. The van der Waals surface area contributed by atoms with Gasteiger partial charge in [-0.05, 0) is 54.8 Å². The molecule has 154 valence electrons. The summed E-state index contributed by atoms with van der Waals surface area (Å²) in [5.74, 6) is 0.217. The third-order valence-electron chi connectivity index (χ3n) is 5.25. The molecule has 0 aliphatic heterocycles. The van der Waals surface area contributed by atoms with Crippen molar-refractivity contribution in [3.05, 3.63) is 85.8 Å². The number of hydrogen-bond donors (Lipinski definition) is 0. The standard InChI is InChI=1S/C22H21FN4O3/c1-13-5-10-17(11-14(13)2)30-21-24-19-18(20(28)26(4)22(29)25(19)3)27(21)12-15-6-8-16(23)9-7-15/h5-11H,12H2,1-4H3. The van der Waals surface area contributed by atoms with Crippen molar-refractivity contribution in [2.24, 2.45) is 14.1 Å². The first-order valence-electron chi connectivity index (χ1n) is 9.42. The summed E-state index contributed by atoms with van der Waals surface area (Å²) in [5.41, 5.74) is 2.45. The summed E-state index contributed by atoms with van der Waals surface area (Å²) in [4.78, 5) is 29.7. The number of aromatic nitrogens is 4. The minimum Gasteiger partial charge on any atom is -0.425 e. The first-order valence-corrected chi connectivity index (χ1v) is 9.42. The third-order valence-corrected chi connectivity index (χ3v) is 5.25. The summed E-state index contributed by atoms with van der Waals surface area (Å²) in [6.45, 7) is 4.20. The number of halogens is 1. The molecule has 0 radical (unpaired) electrons. The summed E-state index contributed by atoms with van der Waals surface area (Å²) in [6, 6.07) is 11.8. The zero-order valence-corrected chi connectivity index (χ0v) is 17.1. The van der Waals surface area contributed by atoms with Gasteiger partial charge in [0.15, 0.2) is 11.2 Å². The fraction of sp³-hybridized carbons (Fsp3) is 0.227. The fourth-order valence-electron chi connectivity index (χ4n) is 3.31. The zero-order chi connectivity index (χ0) is 21.6. The number of rotatable bonds is 4. The number of ether oxygens (including phenoxy) is 1. The molecule has 0 N–H and O–H groups in total. The molecule has 4 rings (SSSR count). The highest BCUT2D eigenvalue weighted by atomic mass is 19.1. The van der Waals surface area contributed by atoms with Crippen LogP contribution in [0.25, 0.3) is 11.2 Å². The largest absolute Gasteiger partial charge is 0.425 e. The fourth-order valence-corrected chi connectivity index (χ4v) is 3.31. The Morgan fingerprint density at radius 3 is 2.33 bits per heavy atom. The molecule has 0 saturated heterocycles. The molecule has 2 heterocycles. The lowest BCUT2D eigenvalue weighted by atomic mass is 10.1. The van der Waals surface area contributed by atoms with Gasteiger partial charge in [0.1, 0.15) is 11.6 Å². The lowest BCUT2D eigenvalue weighted by molar-refractivity contribution is 0.420. The Balaban J connectivity index is 1.93. The second-order valence-corrected chi connectivity index (χ2v) is 7.33. The molecule has 2 aromatic carbocycles. The van der Waals surface area contributed by atoms with Crippen LogP contribution >= 0.6 is 0 Å². The summed E-state index contributed by atoms with van der Waals surface area (Å²) < 4.78 is 23.3. The van der Waals surface area contributed by atoms with E-state index in [4.69, 9.17) is 4.74 Å². The highest BCUT2D eigenvalue weighted by Crippen LogP contribution is 2.26. The van der Waals surface area contributed by atoms with Gasteiger partial charge in [-0.2, -0.15) is 4.98 Å². The second kappa shape index (κ2) is 7.29. The molecule has 0 aliphatic carbocycles. The van der Waals surface area contributed by atoms with Crippen LogP contribution in [0.1, 0.15) is 16.7 Å². The summed E-state index contributed by atoms with van der Waals surface area (Å²) >= 11 is 0. The number of fused-ring (bicyclic) bond motifs is 1. The van der Waals surface area contributed by atoms with Gasteiger partial charge in [-0.3, -0.25) is 18.5 Å². The van der Waals surface area contributed by atoms with Crippen molar-refractivity contribution in [1.29, 1.82) is 0 Å². The normalized spacial score (nSPS) is 11.2. The molecule has 30 heavy (non-hydrogen) atoms. The van der Waals surface area contributed by atoms with Crippen molar-refractivity contribution in [3.8, 4) is 11.8 Å². The molecule has 0 amide bonds. The first kappa shape index (κ1) is 19.6. The van der Waals surface area contributed by atoms with Gasteiger partial charge in [-0.25, -0.2) is 9.18 Å². The number of nitrogens with zero attached hydrogens (tertiary/aromatic N) is 4. The molecule has 7 nitrogen and oxygen atoms in total. The summed E-state index contributed by atoms with van der Waals surface area (Å²) in [7, 11) is 2.97. The number of benzene rings is 2. The highest BCUT2D eigenvalue weighted by molar-refractivity contribution is 5.72. The van der Waals surface area contributed by atoms with Crippen LogP contribution in [0.2, 0.25) is 0 Å². The Morgan fingerprint density at radius 2 is 1.67 bits per heavy atom. The summed E-state index contributed by atoms with van der Waals surface area (Å²) in [5, 5.41) is 0. The monoisotopic (exact) mass is 408 g/mol. The molecule has 0 spiro atoms. The molecule has 0 fully saturated rings. The number of imidazole rings is 1. The average Bonchev–Trinajstić information content (AvgIpc) is 3.07. The molecule has 0 aliphatic rings. The molecule has 0 bridgehead atoms. The Labute approximate surface area is 171 Å². The van der Waals surface area contributed by atoms with E-state index in [1.54, 1.807) is 23.7 Å². The van der Waals surface area contributed by atoms with Crippen LogP contribution in [-0.4, -0.2) is 18.7 Å². The number of aryl methyl sites for hydroxylation is 3. The van der Waals surface area contributed by atoms with Crippen molar-refractivity contribution < 1.29 is 9.13 Å². The van der Waals surface area contributed by atoms with Crippen LogP contribution in [0.4, 0.5) is 4.39 Å². The van der Waals surface area contributed by atoms with Gasteiger partial charge < -0.3 is 4.74 Å². The van der Waals surface area contributed by atoms with Gasteiger partial charge >= 0.3 is 11.7 Å². The van der Waals surface area contributed by atoms with E-state index in [0.717, 1.165) is 21.3 Å². The van der Waals surface area contributed by atoms with E-state index in [2.05, 4.69) is 4.98 Å². The lowest BCUT2D eigenvalue weighted by Gasteiger charge is -2.11. The Bertz CT molecular complexity index is 1380. The molecular formula is C22H21FN4O3. The van der Waals surface area contributed by atoms with Gasteiger partial charge in [-0.1, -0.05) is 18.2 Å². The van der Waals surface area contributed by atoms with Gasteiger partial charge in [-0.15, -0.1) is 0 Å². The van der Waals surface area contributed by atoms with Gasteiger partial charge in [0.2, 0.25) is 0 Å². The van der Waals surface area contributed by atoms with E-state index in [1.165, 1.54) is 23.7 Å². The predicted octanol–water partition coefficient (Wildman–Crippen LogP) is 3.03. The number of hydrogen-bond acceptors (Lipinski definition) is 4. The van der Waals surface area contributed by atoms with E-state index in [-0.39, 0.29) is 29.5 Å². The molecule has 8 heteroatoms. The van der Waals surface area contributed by atoms with Gasteiger partial charge in [0, 0.05) is 14.1 Å². The van der Waals surface area contributed by atoms with Crippen LogP contribution in [0.5, 0.6) is 11.8 Å². The van der Waals surface area contributed by atoms with Crippen LogP contribution in [0.3, 0.4) is 0 Å². The summed E-state index contributed by atoms with van der Waals surface area (Å²) in [6.07, 6.45) is 0. The maximum atomic E-state index is 13.3. The molecule has 0 atom stereocenters. The van der Waals surface area contributed by atoms with Crippen LogP contribution in [-0.2, 0) is 20.6 Å². The molecule has 4 aromatic rings. The van der Waals surface area contributed by atoms with E-state index in [9.17, 15) is 14.0 Å². The minimum absolute atomic E-state index is 0.177. The quantitative estimate of drug-likeness (QED) is 0.520. The second-order valence-electron chi connectivity index (χ2n) is 7.33. The Morgan fingerprint density at radius 1 is 0.967 bits per heavy atom. The lowest BCUT2D eigenvalue weighted by Crippen LogP contribution is -2.37. The van der Waals surface area contributed by atoms with Crippen LogP contribution < -0.4 is 16.0 Å². The molecule has 2 aromatic heterocycles. The third kappa shape index (κ3) is 3.30. The Kier molecular flexibility index (Phi) is 4.77. The Hall–Kier alpha value is -3.68. The topological polar surface area (TPSA) is 71.1 Å². The average molecular weight is 408 g/mol. The van der Waals surface area contributed by atoms with Crippen LogP contribution in [0.15, 0.2) is 52.1 Å².